The van der Waals surface area contributed by atoms with Crippen molar-refractivity contribution in [3.63, 3.8) is 0 Å². The van der Waals surface area contributed by atoms with Crippen LogP contribution in [0.5, 0.6) is 0 Å². The fourth-order valence-corrected chi connectivity index (χ4v) is 3.20. The molecule has 0 amide bonds. The summed E-state index contributed by atoms with van der Waals surface area (Å²) in [5.74, 6) is 0. The molecule has 0 aliphatic carbocycles. The van der Waals surface area contributed by atoms with Gasteiger partial charge in [0.25, 0.3) is 0 Å². The summed E-state index contributed by atoms with van der Waals surface area (Å²) in [4.78, 5) is 0. The Kier molecular flexibility index (Phi) is 12.9. The lowest BCUT2D eigenvalue weighted by molar-refractivity contribution is 0.426. The van der Waals surface area contributed by atoms with Gasteiger partial charge in [-0.1, -0.05) is 108 Å². The average Bonchev–Trinajstić information content (AvgIpc) is 2.59. The van der Waals surface area contributed by atoms with Gasteiger partial charge in [0.15, 0.2) is 0 Å². The van der Waals surface area contributed by atoms with Crippen molar-refractivity contribution < 1.29 is 10.0 Å². The molecular formula is C21H37BO2. The zero-order valence-electron chi connectivity index (χ0n) is 15.7. The van der Waals surface area contributed by atoms with Gasteiger partial charge in [-0.15, -0.1) is 0 Å². The minimum Gasteiger partial charge on any atom is -0.423 e. The molecule has 0 aliphatic rings. The summed E-state index contributed by atoms with van der Waals surface area (Å²) in [6.45, 7) is 2.28. The zero-order valence-corrected chi connectivity index (χ0v) is 15.7. The second kappa shape index (κ2) is 14.5. The van der Waals surface area contributed by atoms with E-state index in [-0.39, 0.29) is 0 Å². The first-order valence-electron chi connectivity index (χ1n) is 10.2. The quantitative estimate of drug-likeness (QED) is 0.350. The summed E-state index contributed by atoms with van der Waals surface area (Å²) < 4.78 is 0. The standard InChI is InChI=1S/C21H37BO2/c1-2-3-4-5-6-7-8-9-10-11-12-13-14-15-20-16-18-21(19-17-20)22(23)24/h16-19,23-24H,2-15H2,1H3. The van der Waals surface area contributed by atoms with E-state index in [1.165, 1.54) is 89.0 Å². The van der Waals surface area contributed by atoms with Crippen molar-refractivity contribution in [1.29, 1.82) is 0 Å². The second-order valence-electron chi connectivity index (χ2n) is 7.11. The minimum atomic E-state index is -1.35. The molecule has 0 bridgehead atoms. The summed E-state index contributed by atoms with van der Waals surface area (Å²) in [5, 5.41) is 18.1. The molecule has 0 aromatic heterocycles. The van der Waals surface area contributed by atoms with Crippen molar-refractivity contribution in [2.24, 2.45) is 0 Å². The van der Waals surface area contributed by atoms with Gasteiger partial charge in [-0.25, -0.2) is 0 Å². The lowest BCUT2D eigenvalue weighted by atomic mass is 9.80. The van der Waals surface area contributed by atoms with Gasteiger partial charge in [-0.3, -0.25) is 0 Å². The maximum atomic E-state index is 9.07. The molecule has 0 saturated heterocycles. The Bertz CT molecular complexity index is 389. The predicted octanol–water partition coefficient (Wildman–Crippen LogP) is 5.00. The van der Waals surface area contributed by atoms with E-state index in [0.29, 0.717) is 5.46 Å². The van der Waals surface area contributed by atoms with E-state index < -0.39 is 7.12 Å². The van der Waals surface area contributed by atoms with Crippen LogP contribution in [0, 0.1) is 0 Å². The molecule has 0 saturated carbocycles. The third-order valence-electron chi connectivity index (χ3n) is 4.85. The summed E-state index contributed by atoms with van der Waals surface area (Å²) in [6.07, 6.45) is 19.1. The molecule has 2 nitrogen and oxygen atoms in total. The number of benzene rings is 1. The van der Waals surface area contributed by atoms with Crippen LogP contribution in [0.15, 0.2) is 24.3 Å². The molecule has 2 N–H and O–H groups in total. The smallest absolute Gasteiger partial charge is 0.423 e. The van der Waals surface area contributed by atoms with E-state index >= 15 is 0 Å². The Labute approximate surface area is 149 Å². The first-order chi connectivity index (χ1) is 11.7. The van der Waals surface area contributed by atoms with Gasteiger partial charge < -0.3 is 10.0 Å². The Morgan fingerprint density at radius 2 is 1.04 bits per heavy atom. The van der Waals surface area contributed by atoms with Crippen LogP contribution in [0.3, 0.4) is 0 Å². The fourth-order valence-electron chi connectivity index (χ4n) is 3.20. The Morgan fingerprint density at radius 1 is 0.625 bits per heavy atom. The summed E-state index contributed by atoms with van der Waals surface area (Å²) in [5.41, 5.74) is 1.87. The van der Waals surface area contributed by atoms with Crippen LogP contribution >= 0.6 is 0 Å². The van der Waals surface area contributed by atoms with Crippen molar-refractivity contribution >= 4 is 12.6 Å². The Balaban J connectivity index is 1.87. The van der Waals surface area contributed by atoms with Crippen molar-refractivity contribution in [3.05, 3.63) is 29.8 Å². The summed E-state index contributed by atoms with van der Waals surface area (Å²) in [7, 11) is -1.35. The largest absolute Gasteiger partial charge is 0.488 e. The molecule has 0 heterocycles. The predicted molar refractivity (Wildman–Crippen MR) is 106 cm³/mol. The third kappa shape index (κ3) is 10.9. The van der Waals surface area contributed by atoms with Gasteiger partial charge in [-0.2, -0.15) is 0 Å². The molecule has 0 atom stereocenters. The number of hydrogen-bond acceptors (Lipinski definition) is 2. The molecule has 136 valence electrons. The molecule has 0 unspecified atom stereocenters. The number of rotatable bonds is 15. The molecule has 1 rings (SSSR count). The minimum absolute atomic E-state index is 0.573. The zero-order chi connectivity index (χ0) is 17.5. The molecule has 0 aliphatic heterocycles. The summed E-state index contributed by atoms with van der Waals surface area (Å²) >= 11 is 0. The van der Waals surface area contributed by atoms with E-state index in [2.05, 4.69) is 6.92 Å². The maximum absolute atomic E-state index is 9.07. The van der Waals surface area contributed by atoms with E-state index in [9.17, 15) is 0 Å². The van der Waals surface area contributed by atoms with Crippen LogP contribution < -0.4 is 5.46 Å². The molecule has 0 spiro atoms. The number of hydrogen-bond donors (Lipinski definition) is 2. The first-order valence-corrected chi connectivity index (χ1v) is 10.2. The lowest BCUT2D eigenvalue weighted by Crippen LogP contribution is -2.29. The highest BCUT2D eigenvalue weighted by atomic mass is 16.4. The molecule has 3 heteroatoms. The Hall–Kier alpha value is -0.795. The molecule has 0 fully saturated rings. The van der Waals surface area contributed by atoms with Crippen LogP contribution in [0.25, 0.3) is 0 Å². The van der Waals surface area contributed by atoms with Crippen LogP contribution in [-0.2, 0) is 6.42 Å². The summed E-state index contributed by atoms with van der Waals surface area (Å²) in [6, 6.07) is 7.63. The van der Waals surface area contributed by atoms with E-state index in [0.717, 1.165) is 6.42 Å². The molecular weight excluding hydrogens is 295 g/mol. The van der Waals surface area contributed by atoms with Crippen LogP contribution in [-0.4, -0.2) is 17.2 Å². The van der Waals surface area contributed by atoms with Crippen molar-refractivity contribution in [3.8, 4) is 0 Å². The van der Waals surface area contributed by atoms with Gasteiger partial charge in [0.2, 0.25) is 0 Å². The van der Waals surface area contributed by atoms with Crippen LogP contribution in [0.4, 0.5) is 0 Å². The topological polar surface area (TPSA) is 40.5 Å². The number of unbranched alkanes of at least 4 members (excludes halogenated alkanes) is 12. The van der Waals surface area contributed by atoms with Gasteiger partial charge in [0, 0.05) is 0 Å². The lowest BCUT2D eigenvalue weighted by Gasteiger charge is -2.05. The van der Waals surface area contributed by atoms with E-state index in [1.807, 2.05) is 24.3 Å². The Morgan fingerprint density at radius 3 is 1.46 bits per heavy atom. The second-order valence-corrected chi connectivity index (χ2v) is 7.11. The first kappa shape index (κ1) is 21.2. The highest BCUT2D eigenvalue weighted by Crippen LogP contribution is 2.13. The van der Waals surface area contributed by atoms with Crippen molar-refractivity contribution in [1.82, 2.24) is 0 Å². The molecule has 1 aromatic carbocycles. The molecule has 1 aromatic rings. The van der Waals surface area contributed by atoms with Crippen molar-refractivity contribution in [2.75, 3.05) is 0 Å². The fraction of sp³-hybridized carbons (Fsp3) is 0.714. The van der Waals surface area contributed by atoms with Gasteiger partial charge in [0.05, 0.1) is 0 Å². The molecule has 24 heavy (non-hydrogen) atoms. The highest BCUT2D eigenvalue weighted by Gasteiger charge is 2.09. The van der Waals surface area contributed by atoms with Crippen LogP contribution in [0.2, 0.25) is 0 Å². The SMILES string of the molecule is CCCCCCCCCCCCCCCc1ccc(B(O)O)cc1. The highest BCUT2D eigenvalue weighted by molar-refractivity contribution is 6.58. The van der Waals surface area contributed by atoms with E-state index in [4.69, 9.17) is 10.0 Å². The van der Waals surface area contributed by atoms with Crippen molar-refractivity contribution in [2.45, 2.75) is 96.8 Å². The number of aryl methyl sites for hydroxylation is 1. The van der Waals surface area contributed by atoms with E-state index in [1.54, 1.807) is 0 Å². The maximum Gasteiger partial charge on any atom is 0.488 e. The normalized spacial score (nSPS) is 11.0. The average molecular weight is 332 g/mol. The van der Waals surface area contributed by atoms with Gasteiger partial charge in [-0.05, 0) is 23.9 Å². The van der Waals surface area contributed by atoms with Crippen LogP contribution in [0.1, 0.15) is 96.0 Å². The monoisotopic (exact) mass is 332 g/mol. The van der Waals surface area contributed by atoms with Gasteiger partial charge in [0.1, 0.15) is 0 Å². The molecule has 0 radical (unpaired) electrons. The third-order valence-corrected chi connectivity index (χ3v) is 4.85. The van der Waals surface area contributed by atoms with Gasteiger partial charge >= 0.3 is 7.12 Å².